The Balaban J connectivity index is 2.29. The van der Waals surface area contributed by atoms with Crippen molar-refractivity contribution in [2.24, 2.45) is 4.99 Å². The van der Waals surface area contributed by atoms with Crippen LogP contribution in [0.4, 0.5) is 10.1 Å². The summed E-state index contributed by atoms with van der Waals surface area (Å²) in [6.45, 7) is 2.70. The van der Waals surface area contributed by atoms with Crippen molar-refractivity contribution in [3.05, 3.63) is 52.3 Å². The fraction of sp³-hybridized carbons (Fsp3) is 0.188. The summed E-state index contributed by atoms with van der Waals surface area (Å²) in [5, 5.41) is 9.19. The Morgan fingerprint density at radius 3 is 2.83 bits per heavy atom. The molecule has 0 atom stereocenters. The molecule has 2 heterocycles. The van der Waals surface area contributed by atoms with E-state index < -0.39 is 17.2 Å². The molecule has 0 spiro atoms. The van der Waals surface area contributed by atoms with Crippen LogP contribution in [0, 0.1) is 5.82 Å². The number of carboxylic acids is 1. The smallest absolute Gasteiger partial charge is 0.341 e. The number of nitrogens with zero attached hydrogens (tertiary/aromatic N) is 3. The van der Waals surface area contributed by atoms with Crippen LogP contribution < -0.4 is 10.3 Å². The summed E-state index contributed by atoms with van der Waals surface area (Å²) in [5.74, 6) is -1.90. The van der Waals surface area contributed by atoms with E-state index in [0.717, 1.165) is 6.07 Å². The van der Waals surface area contributed by atoms with Crippen molar-refractivity contribution in [2.45, 2.75) is 13.5 Å². The number of hydrogen-bond donors (Lipinski definition) is 1. The van der Waals surface area contributed by atoms with Crippen LogP contribution in [0.5, 0.6) is 0 Å². The van der Waals surface area contributed by atoms with Gasteiger partial charge in [0.2, 0.25) is 5.43 Å². The van der Waals surface area contributed by atoms with E-state index in [9.17, 15) is 14.0 Å². The van der Waals surface area contributed by atoms with Crippen molar-refractivity contribution >= 4 is 28.8 Å². The number of fused-ring (bicyclic) bond motifs is 1. The van der Waals surface area contributed by atoms with Crippen LogP contribution in [0.25, 0.3) is 10.9 Å². The van der Waals surface area contributed by atoms with Crippen molar-refractivity contribution < 1.29 is 14.3 Å². The molecule has 0 aliphatic carbocycles. The fourth-order valence-corrected chi connectivity index (χ4v) is 2.59. The number of rotatable bonds is 3. The van der Waals surface area contributed by atoms with E-state index in [4.69, 9.17) is 5.11 Å². The summed E-state index contributed by atoms with van der Waals surface area (Å²) in [6, 6.07) is 2.66. The molecule has 6 nitrogen and oxygen atoms in total. The molecule has 0 amide bonds. The van der Waals surface area contributed by atoms with Crippen molar-refractivity contribution in [3.63, 3.8) is 0 Å². The van der Waals surface area contributed by atoms with Crippen molar-refractivity contribution in [1.29, 1.82) is 0 Å². The van der Waals surface area contributed by atoms with E-state index in [1.807, 2.05) is 6.92 Å². The molecule has 0 saturated carbocycles. The van der Waals surface area contributed by atoms with Crippen LogP contribution in [0.15, 0.2) is 40.5 Å². The Hall–Kier alpha value is -2.96. The fourth-order valence-electron chi connectivity index (χ4n) is 2.59. The third-order valence-electron chi connectivity index (χ3n) is 3.75. The summed E-state index contributed by atoms with van der Waals surface area (Å²) < 4.78 is 16.1. The van der Waals surface area contributed by atoms with Gasteiger partial charge in [-0.2, -0.15) is 0 Å². The highest BCUT2D eigenvalue weighted by molar-refractivity contribution is 5.93. The molecule has 7 heteroatoms. The number of aryl methyl sites for hydroxylation is 1. The zero-order valence-electron chi connectivity index (χ0n) is 12.4. The van der Waals surface area contributed by atoms with Gasteiger partial charge in [-0.3, -0.25) is 9.79 Å². The first-order valence-electron chi connectivity index (χ1n) is 7.08. The topological polar surface area (TPSA) is 74.9 Å². The minimum absolute atomic E-state index is 0.0580. The molecule has 0 fully saturated rings. The minimum Gasteiger partial charge on any atom is -0.477 e. The molecular weight excluding hydrogens is 301 g/mol. The number of aliphatic imine (C=N–C) groups is 1. The molecule has 1 aliphatic rings. The first kappa shape index (κ1) is 15.0. The van der Waals surface area contributed by atoms with Gasteiger partial charge < -0.3 is 14.6 Å². The number of carboxylic acid groups (broad SMARTS) is 1. The first-order chi connectivity index (χ1) is 11.0. The van der Waals surface area contributed by atoms with E-state index in [1.165, 1.54) is 6.20 Å². The van der Waals surface area contributed by atoms with Crippen molar-refractivity contribution in [2.75, 3.05) is 11.4 Å². The van der Waals surface area contributed by atoms with Crippen LogP contribution in [0.1, 0.15) is 17.3 Å². The lowest BCUT2D eigenvalue weighted by molar-refractivity contribution is 0.0695. The van der Waals surface area contributed by atoms with E-state index in [0.29, 0.717) is 24.3 Å². The number of hydrogen-bond acceptors (Lipinski definition) is 4. The Labute approximate surface area is 130 Å². The molecule has 1 aliphatic heterocycles. The Bertz CT molecular complexity index is 915. The van der Waals surface area contributed by atoms with Crippen LogP contribution >= 0.6 is 0 Å². The summed E-state index contributed by atoms with van der Waals surface area (Å²) in [7, 11) is 0. The highest BCUT2D eigenvalue weighted by atomic mass is 19.1. The van der Waals surface area contributed by atoms with Gasteiger partial charge in [-0.1, -0.05) is 0 Å². The summed E-state index contributed by atoms with van der Waals surface area (Å²) in [4.78, 5) is 29.1. The second-order valence-corrected chi connectivity index (χ2v) is 5.07. The molecule has 1 aromatic heterocycles. The van der Waals surface area contributed by atoms with Gasteiger partial charge in [-0.25, -0.2) is 9.18 Å². The van der Waals surface area contributed by atoms with Crippen LogP contribution in [0.2, 0.25) is 0 Å². The van der Waals surface area contributed by atoms with E-state index in [1.54, 1.807) is 34.1 Å². The van der Waals surface area contributed by atoms with Gasteiger partial charge in [-0.05, 0) is 19.1 Å². The van der Waals surface area contributed by atoms with Crippen LogP contribution in [-0.2, 0) is 6.54 Å². The Morgan fingerprint density at radius 1 is 1.43 bits per heavy atom. The predicted octanol–water partition coefficient (Wildman–Crippen LogP) is 2.22. The van der Waals surface area contributed by atoms with E-state index in [2.05, 4.69) is 4.99 Å². The maximum Gasteiger partial charge on any atom is 0.341 e. The molecular formula is C16H14FN3O3. The van der Waals surface area contributed by atoms with Gasteiger partial charge in [0, 0.05) is 36.7 Å². The molecule has 0 saturated heterocycles. The number of carbonyl (C=O) groups is 1. The monoisotopic (exact) mass is 315 g/mol. The standard InChI is InChI=1S/C16H14FN3O3/c1-2-19-9-11(16(22)23)15(21)10-7-12(17)14(8-13(10)19)20-5-3-18-4-6-20/h3-5,7-9H,2,6H2,1H3,(H,22,23). The Kier molecular flexibility index (Phi) is 3.69. The number of aromatic nitrogens is 1. The minimum atomic E-state index is -1.32. The van der Waals surface area contributed by atoms with E-state index in [-0.39, 0.29) is 10.9 Å². The van der Waals surface area contributed by atoms with Crippen LogP contribution in [-0.4, -0.2) is 28.4 Å². The van der Waals surface area contributed by atoms with Gasteiger partial charge in [0.25, 0.3) is 0 Å². The quantitative estimate of drug-likeness (QED) is 0.942. The highest BCUT2D eigenvalue weighted by Crippen LogP contribution is 2.26. The van der Waals surface area contributed by atoms with Gasteiger partial charge >= 0.3 is 5.97 Å². The SMILES string of the molecule is CCn1cc(C(=O)O)c(=O)c2cc(F)c(N3C=CN=CC3)cc21. The third kappa shape index (κ3) is 2.50. The molecule has 0 radical (unpaired) electrons. The van der Waals surface area contributed by atoms with Crippen molar-refractivity contribution in [1.82, 2.24) is 4.57 Å². The molecule has 118 valence electrons. The molecule has 3 rings (SSSR count). The lowest BCUT2D eigenvalue weighted by Crippen LogP contribution is -2.23. The van der Waals surface area contributed by atoms with Gasteiger partial charge in [0.05, 0.1) is 17.7 Å². The number of pyridine rings is 1. The number of anilines is 1. The second-order valence-electron chi connectivity index (χ2n) is 5.07. The molecule has 0 unspecified atom stereocenters. The third-order valence-corrected chi connectivity index (χ3v) is 3.75. The summed E-state index contributed by atoms with van der Waals surface area (Å²) >= 11 is 0. The normalized spacial score (nSPS) is 13.7. The van der Waals surface area contributed by atoms with Crippen LogP contribution in [0.3, 0.4) is 0 Å². The predicted molar refractivity (Wildman–Crippen MR) is 85.8 cm³/mol. The molecule has 1 N–H and O–H groups in total. The number of aromatic carboxylic acids is 1. The lowest BCUT2D eigenvalue weighted by Gasteiger charge is -2.22. The summed E-state index contributed by atoms with van der Waals surface area (Å²) in [5.41, 5.74) is -0.241. The molecule has 1 aromatic carbocycles. The molecule has 0 bridgehead atoms. The Morgan fingerprint density at radius 2 is 2.22 bits per heavy atom. The second kappa shape index (κ2) is 5.68. The zero-order valence-corrected chi connectivity index (χ0v) is 12.4. The van der Waals surface area contributed by atoms with E-state index >= 15 is 0 Å². The number of halogens is 1. The highest BCUT2D eigenvalue weighted by Gasteiger charge is 2.18. The average molecular weight is 315 g/mol. The maximum absolute atomic E-state index is 14.4. The van der Waals surface area contributed by atoms with Gasteiger partial charge in [-0.15, -0.1) is 0 Å². The number of benzene rings is 1. The van der Waals surface area contributed by atoms with Gasteiger partial charge in [0.15, 0.2) is 0 Å². The first-order valence-corrected chi connectivity index (χ1v) is 7.08. The summed E-state index contributed by atoms with van der Waals surface area (Å²) in [6.07, 6.45) is 6.13. The molecule has 23 heavy (non-hydrogen) atoms. The largest absolute Gasteiger partial charge is 0.477 e. The molecule has 2 aromatic rings. The van der Waals surface area contributed by atoms with Gasteiger partial charge in [0.1, 0.15) is 11.4 Å². The maximum atomic E-state index is 14.4. The lowest BCUT2D eigenvalue weighted by atomic mass is 10.1. The van der Waals surface area contributed by atoms with Crippen molar-refractivity contribution in [3.8, 4) is 0 Å². The average Bonchev–Trinajstić information content (AvgIpc) is 2.55. The zero-order chi connectivity index (χ0) is 16.6.